The molecule has 2 fully saturated rings. The SMILES string of the molecule is BN1C(=O)C2C3C=CC(C3)C2C1=O. The number of hydrogen-bond acceptors (Lipinski definition) is 2. The topological polar surface area (TPSA) is 37.4 Å². The molecule has 66 valence electrons. The van der Waals surface area contributed by atoms with Gasteiger partial charge in [-0.25, -0.2) is 0 Å². The summed E-state index contributed by atoms with van der Waals surface area (Å²) in [5, 5.41) is 0. The maximum atomic E-state index is 11.7. The third-order valence-corrected chi connectivity index (χ3v) is 3.69. The van der Waals surface area contributed by atoms with Crippen molar-refractivity contribution in [1.82, 2.24) is 4.81 Å². The number of carbonyl (C=O) groups is 2. The lowest BCUT2D eigenvalue weighted by Gasteiger charge is -2.14. The van der Waals surface area contributed by atoms with Gasteiger partial charge in [0.15, 0.2) is 0 Å². The van der Waals surface area contributed by atoms with E-state index in [9.17, 15) is 9.59 Å². The van der Waals surface area contributed by atoms with Crippen LogP contribution in [0.15, 0.2) is 12.2 Å². The number of allylic oxidation sites excluding steroid dienone is 2. The lowest BCUT2D eigenvalue weighted by Crippen LogP contribution is -2.30. The predicted molar refractivity (Wildman–Crippen MR) is 48.1 cm³/mol. The summed E-state index contributed by atoms with van der Waals surface area (Å²) in [6, 6.07) is 0. The fourth-order valence-electron chi connectivity index (χ4n) is 3.05. The summed E-state index contributed by atoms with van der Waals surface area (Å²) in [6.07, 6.45) is 5.23. The lowest BCUT2D eigenvalue weighted by molar-refractivity contribution is -0.134. The van der Waals surface area contributed by atoms with Gasteiger partial charge in [-0.15, -0.1) is 0 Å². The van der Waals surface area contributed by atoms with Crippen LogP contribution in [0.2, 0.25) is 0 Å². The average molecular weight is 175 g/mol. The Morgan fingerprint density at radius 3 is 2.08 bits per heavy atom. The van der Waals surface area contributed by atoms with Crippen molar-refractivity contribution in [3.63, 3.8) is 0 Å². The number of nitrogens with zero attached hydrogens (tertiary/aromatic N) is 1. The highest BCUT2D eigenvalue weighted by Gasteiger charge is 2.57. The third-order valence-electron chi connectivity index (χ3n) is 3.69. The molecule has 1 saturated heterocycles. The van der Waals surface area contributed by atoms with Crippen LogP contribution in [0, 0.1) is 23.7 Å². The molecule has 1 heterocycles. The summed E-state index contributed by atoms with van der Waals surface area (Å²) in [7, 11) is 1.60. The molecule has 4 atom stereocenters. The molecule has 13 heavy (non-hydrogen) atoms. The van der Waals surface area contributed by atoms with Gasteiger partial charge in [-0.2, -0.15) is 0 Å². The van der Waals surface area contributed by atoms with E-state index in [4.69, 9.17) is 0 Å². The van der Waals surface area contributed by atoms with Crippen LogP contribution in [0.5, 0.6) is 0 Å². The molecule has 1 aliphatic heterocycles. The summed E-state index contributed by atoms with van der Waals surface area (Å²) in [5.41, 5.74) is 0. The molecule has 3 nitrogen and oxygen atoms in total. The van der Waals surface area contributed by atoms with Crippen molar-refractivity contribution in [2.24, 2.45) is 23.7 Å². The number of hydrogen-bond donors (Lipinski definition) is 0. The van der Waals surface area contributed by atoms with E-state index in [1.165, 1.54) is 4.81 Å². The van der Waals surface area contributed by atoms with Crippen LogP contribution in [-0.4, -0.2) is 24.6 Å². The van der Waals surface area contributed by atoms with E-state index in [0.29, 0.717) is 11.8 Å². The second-order valence-electron chi connectivity index (χ2n) is 4.24. The van der Waals surface area contributed by atoms with Crippen molar-refractivity contribution < 1.29 is 9.59 Å². The van der Waals surface area contributed by atoms with Crippen molar-refractivity contribution in [2.75, 3.05) is 0 Å². The highest BCUT2D eigenvalue weighted by atomic mass is 16.2. The van der Waals surface area contributed by atoms with Crippen molar-refractivity contribution in [3.8, 4) is 0 Å². The van der Waals surface area contributed by atoms with Gasteiger partial charge in [-0.1, -0.05) is 12.2 Å². The molecule has 0 radical (unpaired) electrons. The predicted octanol–water partition coefficient (Wildman–Crippen LogP) is -0.658. The Balaban J connectivity index is 2.08. The first-order valence-corrected chi connectivity index (χ1v) is 4.70. The summed E-state index contributed by atoms with van der Waals surface area (Å²) < 4.78 is 0. The Hall–Kier alpha value is -1.06. The Morgan fingerprint density at radius 2 is 1.62 bits per heavy atom. The summed E-state index contributed by atoms with van der Waals surface area (Å²) in [6.45, 7) is 0. The first-order valence-electron chi connectivity index (χ1n) is 4.70. The van der Waals surface area contributed by atoms with Crippen LogP contribution in [0.3, 0.4) is 0 Å². The minimum atomic E-state index is -0.0208. The van der Waals surface area contributed by atoms with Gasteiger partial charge in [0.05, 0.1) is 11.8 Å². The molecule has 0 spiro atoms. The summed E-state index contributed by atoms with van der Waals surface area (Å²) in [5.74, 6) is 0.714. The Bertz CT molecular complexity index is 309. The molecule has 2 aliphatic carbocycles. The molecule has 3 aliphatic rings. The Morgan fingerprint density at radius 1 is 1.15 bits per heavy atom. The van der Waals surface area contributed by atoms with E-state index in [1.807, 2.05) is 0 Å². The minimum Gasteiger partial charge on any atom is -0.336 e. The molecular weight excluding hydrogens is 165 g/mol. The second-order valence-corrected chi connectivity index (χ2v) is 4.24. The van der Waals surface area contributed by atoms with Crippen LogP contribution in [0.1, 0.15) is 6.42 Å². The molecular formula is C9H10BNO2. The molecule has 0 aromatic heterocycles. The number of amides is 2. The van der Waals surface area contributed by atoms with Gasteiger partial charge in [0.1, 0.15) is 0 Å². The number of imide groups is 1. The van der Waals surface area contributed by atoms with Gasteiger partial charge in [-0.3, -0.25) is 9.59 Å². The zero-order valence-corrected chi connectivity index (χ0v) is 7.43. The molecule has 0 aromatic carbocycles. The van der Waals surface area contributed by atoms with Gasteiger partial charge < -0.3 is 4.81 Å². The van der Waals surface area contributed by atoms with Crippen LogP contribution in [0.4, 0.5) is 0 Å². The molecule has 3 rings (SSSR count). The van der Waals surface area contributed by atoms with E-state index in [0.717, 1.165) is 6.42 Å². The van der Waals surface area contributed by atoms with Gasteiger partial charge in [0.25, 0.3) is 0 Å². The number of fused-ring (bicyclic) bond motifs is 5. The number of rotatable bonds is 0. The largest absolute Gasteiger partial charge is 0.336 e. The maximum Gasteiger partial charge on any atom is 0.231 e. The normalized spacial score (nSPS) is 46.3. The lowest BCUT2D eigenvalue weighted by atomic mass is 9.85. The molecule has 1 saturated carbocycles. The van der Waals surface area contributed by atoms with E-state index in [1.54, 1.807) is 7.98 Å². The standard InChI is InChI=1S/C9H10BNO2/c10-11-8(12)6-4-1-2-5(3-4)7(6)9(11)13/h1-2,4-7H,3,10H2. The van der Waals surface area contributed by atoms with Crippen LogP contribution in [-0.2, 0) is 9.59 Å². The van der Waals surface area contributed by atoms with Gasteiger partial charge in [0, 0.05) is 0 Å². The van der Waals surface area contributed by atoms with E-state index in [-0.39, 0.29) is 23.7 Å². The number of carbonyl (C=O) groups excluding carboxylic acids is 2. The summed E-state index contributed by atoms with van der Waals surface area (Å²) in [4.78, 5) is 24.6. The monoisotopic (exact) mass is 175 g/mol. The Labute approximate surface area is 77.2 Å². The van der Waals surface area contributed by atoms with Crippen LogP contribution < -0.4 is 0 Å². The van der Waals surface area contributed by atoms with Crippen molar-refractivity contribution >= 4 is 19.8 Å². The molecule has 4 unspecified atom stereocenters. The molecule has 2 amide bonds. The molecule has 4 heteroatoms. The van der Waals surface area contributed by atoms with Crippen molar-refractivity contribution in [1.29, 1.82) is 0 Å². The quantitative estimate of drug-likeness (QED) is 0.278. The first kappa shape index (κ1) is 7.36. The third kappa shape index (κ3) is 0.678. The highest BCUT2D eigenvalue weighted by Crippen LogP contribution is 2.51. The highest BCUT2D eigenvalue weighted by molar-refractivity contribution is 6.28. The summed E-state index contributed by atoms with van der Waals surface area (Å²) >= 11 is 0. The van der Waals surface area contributed by atoms with Crippen LogP contribution >= 0.6 is 0 Å². The average Bonchev–Trinajstić information content (AvgIpc) is 2.76. The van der Waals surface area contributed by atoms with E-state index < -0.39 is 0 Å². The maximum absolute atomic E-state index is 11.7. The van der Waals surface area contributed by atoms with E-state index in [2.05, 4.69) is 12.2 Å². The first-order chi connectivity index (χ1) is 6.20. The second kappa shape index (κ2) is 2.06. The molecule has 0 aromatic rings. The van der Waals surface area contributed by atoms with Crippen LogP contribution in [0.25, 0.3) is 0 Å². The Kier molecular flexibility index (Phi) is 1.16. The van der Waals surface area contributed by atoms with Crippen molar-refractivity contribution in [2.45, 2.75) is 6.42 Å². The molecule has 0 N–H and O–H groups in total. The van der Waals surface area contributed by atoms with E-state index >= 15 is 0 Å². The molecule has 2 bridgehead atoms. The van der Waals surface area contributed by atoms with Gasteiger partial charge in [0.2, 0.25) is 19.8 Å². The van der Waals surface area contributed by atoms with Crippen molar-refractivity contribution in [3.05, 3.63) is 12.2 Å². The zero-order valence-electron chi connectivity index (χ0n) is 7.43. The minimum absolute atomic E-state index is 0.0208. The smallest absolute Gasteiger partial charge is 0.231 e. The fourth-order valence-corrected chi connectivity index (χ4v) is 3.05. The van der Waals surface area contributed by atoms with Gasteiger partial charge >= 0.3 is 0 Å². The van der Waals surface area contributed by atoms with Gasteiger partial charge in [-0.05, 0) is 18.3 Å². The zero-order chi connectivity index (χ0) is 9.16. The fraction of sp³-hybridized carbons (Fsp3) is 0.556.